The number of nitrogen functional groups attached to an aromatic ring is 1. The van der Waals surface area contributed by atoms with Crippen molar-refractivity contribution < 1.29 is 0 Å². The van der Waals surface area contributed by atoms with Crippen molar-refractivity contribution in [2.75, 3.05) is 5.73 Å². The van der Waals surface area contributed by atoms with E-state index >= 15 is 0 Å². The Bertz CT molecular complexity index is 1200. The molecule has 0 radical (unpaired) electrons. The highest BCUT2D eigenvalue weighted by atomic mass is 15.1. The zero-order chi connectivity index (χ0) is 18.2. The van der Waals surface area contributed by atoms with Gasteiger partial charge >= 0.3 is 0 Å². The average molecular weight is 350 g/mol. The molecule has 2 N–H and O–H groups in total. The highest BCUT2D eigenvalue weighted by Gasteiger charge is 2.12. The van der Waals surface area contributed by atoms with Crippen molar-refractivity contribution >= 4 is 27.5 Å². The van der Waals surface area contributed by atoms with Crippen LogP contribution < -0.4 is 5.73 Å². The van der Waals surface area contributed by atoms with Crippen molar-refractivity contribution in [3.05, 3.63) is 73.1 Å². The highest BCUT2D eigenvalue weighted by molar-refractivity contribution is 5.85. The number of nitrogens with two attached hydrogens (primary N) is 1. The number of hydrogen-bond donors (Lipinski definition) is 1. The predicted octanol–water partition coefficient (Wildman–Crippen LogP) is 3.88. The van der Waals surface area contributed by atoms with Crippen molar-refractivity contribution in [1.29, 1.82) is 0 Å². The van der Waals surface area contributed by atoms with Crippen LogP contribution in [-0.2, 0) is 0 Å². The van der Waals surface area contributed by atoms with Gasteiger partial charge in [0, 0.05) is 23.2 Å². The molecule has 0 bridgehead atoms. The number of rotatable bonds is 2. The molecule has 5 rings (SSSR count). The first-order valence-corrected chi connectivity index (χ1v) is 8.48. The Kier molecular flexibility index (Phi) is 3.47. The Hall–Kier alpha value is -3.93. The number of fused-ring (bicyclic) bond motifs is 2. The molecule has 0 aliphatic carbocycles. The Labute approximate surface area is 154 Å². The molecule has 0 spiro atoms. The van der Waals surface area contributed by atoms with E-state index in [0.29, 0.717) is 23.0 Å². The van der Waals surface area contributed by atoms with Crippen LogP contribution in [0, 0.1) is 0 Å². The summed E-state index contributed by atoms with van der Waals surface area (Å²) in [7, 11) is 0. The number of hydrogen-bond acceptors (Lipinski definition) is 6. The minimum absolute atomic E-state index is 0.139. The minimum Gasteiger partial charge on any atom is -0.368 e. The van der Waals surface area contributed by atoms with Crippen LogP contribution in [0.2, 0.25) is 0 Å². The Morgan fingerprint density at radius 2 is 1.00 bits per heavy atom. The molecule has 2 aromatic carbocycles. The summed E-state index contributed by atoms with van der Waals surface area (Å²) in [6.07, 6.45) is 3.61. The van der Waals surface area contributed by atoms with E-state index in [2.05, 4.69) is 24.9 Å². The zero-order valence-corrected chi connectivity index (χ0v) is 14.2. The number of nitrogens with zero attached hydrogens (tertiary/aromatic N) is 5. The average Bonchev–Trinajstić information content (AvgIpc) is 2.72. The van der Waals surface area contributed by atoms with Gasteiger partial charge in [-0.05, 0) is 22.9 Å². The molecule has 0 amide bonds. The van der Waals surface area contributed by atoms with E-state index < -0.39 is 0 Å². The van der Waals surface area contributed by atoms with Crippen molar-refractivity contribution in [3.8, 4) is 23.0 Å². The SMILES string of the molecule is Nc1nc(-c2cc3ccccc3cn2)nc(-c2cc3ccccc3cn2)n1. The lowest BCUT2D eigenvalue weighted by Gasteiger charge is -2.06. The van der Waals surface area contributed by atoms with Gasteiger partial charge in [-0.1, -0.05) is 48.5 Å². The standard InChI is InChI=1S/C21H14N6/c22-21-26-19(17-9-13-5-1-3-7-15(13)11-23-17)25-20(27-21)18-10-14-6-2-4-8-16(14)12-24-18/h1-12H,(H2,22,25,26,27). The monoisotopic (exact) mass is 350 g/mol. The number of benzene rings is 2. The second-order valence-electron chi connectivity index (χ2n) is 6.17. The molecule has 0 saturated carbocycles. The van der Waals surface area contributed by atoms with Gasteiger partial charge < -0.3 is 5.73 Å². The van der Waals surface area contributed by atoms with Crippen LogP contribution in [0.4, 0.5) is 5.95 Å². The fraction of sp³-hybridized carbons (Fsp3) is 0. The third-order valence-corrected chi connectivity index (χ3v) is 4.37. The third kappa shape index (κ3) is 2.83. The fourth-order valence-electron chi connectivity index (χ4n) is 3.03. The molecule has 5 aromatic rings. The van der Waals surface area contributed by atoms with Gasteiger partial charge in [0.1, 0.15) is 11.4 Å². The molecule has 0 fully saturated rings. The van der Waals surface area contributed by atoms with Crippen LogP contribution in [0.3, 0.4) is 0 Å². The molecule has 27 heavy (non-hydrogen) atoms. The van der Waals surface area contributed by atoms with Crippen LogP contribution in [-0.4, -0.2) is 24.9 Å². The normalized spacial score (nSPS) is 11.1. The van der Waals surface area contributed by atoms with Gasteiger partial charge in [-0.25, -0.2) is 4.98 Å². The van der Waals surface area contributed by atoms with Gasteiger partial charge in [0.05, 0.1) is 0 Å². The van der Waals surface area contributed by atoms with Crippen molar-refractivity contribution in [2.24, 2.45) is 0 Å². The smallest absolute Gasteiger partial charge is 0.224 e. The van der Waals surface area contributed by atoms with E-state index in [1.807, 2.05) is 60.7 Å². The summed E-state index contributed by atoms with van der Waals surface area (Å²) in [5, 5.41) is 4.23. The molecular weight excluding hydrogens is 336 g/mol. The minimum atomic E-state index is 0.139. The molecule has 6 nitrogen and oxygen atoms in total. The second kappa shape index (κ2) is 6.10. The van der Waals surface area contributed by atoms with Crippen LogP contribution in [0.5, 0.6) is 0 Å². The summed E-state index contributed by atoms with van der Waals surface area (Å²) in [6, 6.07) is 19.9. The maximum atomic E-state index is 5.94. The van der Waals surface area contributed by atoms with Gasteiger partial charge in [-0.2, -0.15) is 9.97 Å². The summed E-state index contributed by atoms with van der Waals surface area (Å²) < 4.78 is 0. The lowest BCUT2D eigenvalue weighted by Crippen LogP contribution is -2.03. The second-order valence-corrected chi connectivity index (χ2v) is 6.17. The maximum Gasteiger partial charge on any atom is 0.224 e. The van der Waals surface area contributed by atoms with Crippen LogP contribution in [0.1, 0.15) is 0 Å². The Morgan fingerprint density at radius 3 is 1.48 bits per heavy atom. The first kappa shape index (κ1) is 15.3. The molecule has 0 saturated heterocycles. The van der Waals surface area contributed by atoms with E-state index in [1.165, 1.54) is 0 Å². The molecular formula is C21H14N6. The van der Waals surface area contributed by atoms with Gasteiger partial charge in [-0.15, -0.1) is 0 Å². The molecule has 0 unspecified atom stereocenters. The van der Waals surface area contributed by atoms with E-state index in [1.54, 1.807) is 12.4 Å². The van der Waals surface area contributed by atoms with Crippen molar-refractivity contribution in [2.45, 2.75) is 0 Å². The summed E-state index contributed by atoms with van der Waals surface area (Å²) in [5.74, 6) is 0.997. The predicted molar refractivity (Wildman–Crippen MR) is 106 cm³/mol. The topological polar surface area (TPSA) is 90.5 Å². The quantitative estimate of drug-likeness (QED) is 0.519. The molecule has 0 atom stereocenters. The number of pyridine rings is 2. The van der Waals surface area contributed by atoms with E-state index in [-0.39, 0.29) is 5.95 Å². The fourth-order valence-corrected chi connectivity index (χ4v) is 3.03. The van der Waals surface area contributed by atoms with Gasteiger partial charge in [0.2, 0.25) is 5.95 Å². The Balaban J connectivity index is 1.64. The van der Waals surface area contributed by atoms with Gasteiger partial charge in [-0.3, -0.25) is 9.97 Å². The summed E-state index contributed by atoms with van der Waals surface area (Å²) >= 11 is 0. The van der Waals surface area contributed by atoms with Gasteiger partial charge in [0.25, 0.3) is 0 Å². The highest BCUT2D eigenvalue weighted by Crippen LogP contribution is 2.23. The molecule has 6 heteroatoms. The maximum absolute atomic E-state index is 5.94. The van der Waals surface area contributed by atoms with Crippen molar-refractivity contribution in [3.63, 3.8) is 0 Å². The van der Waals surface area contributed by atoms with E-state index in [9.17, 15) is 0 Å². The molecule has 0 aliphatic rings. The van der Waals surface area contributed by atoms with Crippen LogP contribution >= 0.6 is 0 Å². The first-order valence-electron chi connectivity index (χ1n) is 8.48. The first-order chi connectivity index (χ1) is 13.3. The van der Waals surface area contributed by atoms with Crippen LogP contribution in [0.15, 0.2) is 73.1 Å². The summed E-state index contributed by atoms with van der Waals surface area (Å²) in [6.45, 7) is 0. The molecule has 3 aromatic heterocycles. The third-order valence-electron chi connectivity index (χ3n) is 4.37. The zero-order valence-electron chi connectivity index (χ0n) is 14.2. The van der Waals surface area contributed by atoms with E-state index in [0.717, 1.165) is 21.5 Å². The number of anilines is 1. The van der Waals surface area contributed by atoms with Crippen molar-refractivity contribution in [1.82, 2.24) is 24.9 Å². The summed E-state index contributed by atoms with van der Waals surface area (Å²) in [4.78, 5) is 22.0. The van der Waals surface area contributed by atoms with Gasteiger partial charge in [0.15, 0.2) is 11.6 Å². The summed E-state index contributed by atoms with van der Waals surface area (Å²) in [5.41, 5.74) is 7.23. The molecule has 3 heterocycles. The van der Waals surface area contributed by atoms with Crippen LogP contribution in [0.25, 0.3) is 44.6 Å². The molecule has 128 valence electrons. The Morgan fingerprint density at radius 1 is 0.556 bits per heavy atom. The number of aromatic nitrogens is 5. The van der Waals surface area contributed by atoms with E-state index in [4.69, 9.17) is 5.73 Å². The molecule has 0 aliphatic heterocycles. The lowest BCUT2D eigenvalue weighted by molar-refractivity contribution is 1.05. The lowest BCUT2D eigenvalue weighted by atomic mass is 10.1. The largest absolute Gasteiger partial charge is 0.368 e.